The second-order valence-electron chi connectivity index (χ2n) is 2.28. The van der Waals surface area contributed by atoms with Crippen molar-refractivity contribution in [3.63, 3.8) is 0 Å². The topological polar surface area (TPSA) is 56.0 Å². The van der Waals surface area contributed by atoms with Crippen molar-refractivity contribution >= 4 is 0 Å². The van der Waals surface area contributed by atoms with Crippen molar-refractivity contribution in [2.24, 2.45) is 5.84 Å². The Bertz CT molecular complexity index is 257. The number of nitrogens with zero attached hydrogens (tertiary/aromatic N) is 3. The van der Waals surface area contributed by atoms with Gasteiger partial charge in [-0.3, -0.25) is 10.2 Å². The van der Waals surface area contributed by atoms with Crippen molar-refractivity contribution < 1.29 is 5.21 Å². The lowest BCUT2D eigenvalue weighted by Crippen LogP contribution is -2.28. The van der Waals surface area contributed by atoms with E-state index in [-0.39, 0.29) is 0 Å². The second-order valence-corrected chi connectivity index (χ2v) is 2.28. The average Bonchev–Trinajstić information content (AvgIpc) is 2.33. The zero-order valence-electron chi connectivity index (χ0n) is 5.75. The molecular weight excluding hydrogens is 144 g/mol. The van der Waals surface area contributed by atoms with Gasteiger partial charge in [0.1, 0.15) is 0 Å². The zero-order valence-corrected chi connectivity index (χ0v) is 5.75. The summed E-state index contributed by atoms with van der Waals surface area (Å²) in [6.07, 6.45) is 8.32. The maximum absolute atomic E-state index is 9.16. The number of hydrogen-bond acceptors (Lipinski definition) is 5. The molecule has 0 saturated carbocycles. The van der Waals surface area contributed by atoms with Gasteiger partial charge in [-0.25, -0.2) is 10.9 Å². The fourth-order valence-electron chi connectivity index (χ4n) is 0.983. The largest absolute Gasteiger partial charge is 0.304 e. The maximum atomic E-state index is 9.16. The van der Waals surface area contributed by atoms with Crippen molar-refractivity contribution in [3.05, 3.63) is 36.8 Å². The quantitative estimate of drug-likeness (QED) is 0.475. The fourth-order valence-corrected chi connectivity index (χ4v) is 0.983. The Morgan fingerprint density at radius 1 is 1.18 bits per heavy atom. The third kappa shape index (κ3) is 0.866. The van der Waals surface area contributed by atoms with E-state index < -0.39 is 0 Å². The smallest absolute Gasteiger partial charge is 0.159 e. The van der Waals surface area contributed by atoms with Gasteiger partial charge in [0, 0.05) is 18.6 Å². The molecule has 0 bridgehead atoms. The van der Waals surface area contributed by atoms with E-state index >= 15 is 0 Å². The Hall–Kier alpha value is -1.46. The molecule has 0 saturated heterocycles. The lowest BCUT2D eigenvalue weighted by Gasteiger charge is -2.23. The summed E-state index contributed by atoms with van der Waals surface area (Å²) in [6.45, 7) is 0. The molecule has 2 rings (SSSR count). The molecule has 5 nitrogen and oxygen atoms in total. The van der Waals surface area contributed by atoms with Crippen LogP contribution < -0.4 is 5.84 Å². The minimum Gasteiger partial charge on any atom is -0.304 e. The first-order chi connectivity index (χ1) is 5.27. The molecule has 2 heterocycles. The van der Waals surface area contributed by atoms with E-state index in [9.17, 15) is 0 Å². The van der Waals surface area contributed by atoms with Crippen LogP contribution in [0.15, 0.2) is 36.8 Å². The highest BCUT2D eigenvalue weighted by molar-refractivity contribution is 5.18. The lowest BCUT2D eigenvalue weighted by atomic mass is 10.5. The Kier molecular flexibility index (Phi) is 1.14. The van der Waals surface area contributed by atoms with Crippen molar-refractivity contribution in [2.45, 2.75) is 0 Å². The number of hydrogen-bond donors (Lipinski definition) is 2. The van der Waals surface area contributed by atoms with Crippen molar-refractivity contribution in [1.29, 1.82) is 0 Å². The Morgan fingerprint density at radius 2 is 1.91 bits per heavy atom. The summed E-state index contributed by atoms with van der Waals surface area (Å²) in [5.74, 6) is 6.05. The van der Waals surface area contributed by atoms with E-state index in [1.54, 1.807) is 29.7 Å². The van der Waals surface area contributed by atoms with E-state index in [1.807, 2.05) is 0 Å². The average molecular weight is 152 g/mol. The van der Waals surface area contributed by atoms with Crippen LogP contribution in [0, 0.1) is 0 Å². The predicted molar refractivity (Wildman–Crippen MR) is 37.9 cm³/mol. The number of hydrazine groups is 1. The first-order valence-electron chi connectivity index (χ1n) is 3.15. The van der Waals surface area contributed by atoms with Crippen molar-refractivity contribution in [2.75, 3.05) is 0 Å². The summed E-state index contributed by atoms with van der Waals surface area (Å²) >= 11 is 0. The standard InChI is InChI=1S/C6H8N4O/c7-9-3-1-8-2-4-10(11)6(8)5-9/h1-5,11H,7H2. The number of rotatable bonds is 0. The highest BCUT2D eigenvalue weighted by atomic mass is 16.5. The molecule has 3 N–H and O–H groups in total. The van der Waals surface area contributed by atoms with Crippen LogP contribution in [-0.2, 0) is 0 Å². The molecule has 0 aromatic rings. The van der Waals surface area contributed by atoms with Gasteiger partial charge in [0.15, 0.2) is 5.82 Å². The lowest BCUT2D eigenvalue weighted by molar-refractivity contribution is -0.0129. The highest BCUT2D eigenvalue weighted by Crippen LogP contribution is 2.20. The van der Waals surface area contributed by atoms with Gasteiger partial charge in [0.2, 0.25) is 0 Å². The van der Waals surface area contributed by atoms with Crippen LogP contribution in [0.25, 0.3) is 0 Å². The van der Waals surface area contributed by atoms with Crippen LogP contribution in [-0.4, -0.2) is 20.2 Å². The summed E-state index contributed by atoms with van der Waals surface area (Å²) in [5, 5.41) is 11.5. The Morgan fingerprint density at radius 3 is 2.73 bits per heavy atom. The molecule has 0 aromatic carbocycles. The first-order valence-corrected chi connectivity index (χ1v) is 3.15. The molecule has 11 heavy (non-hydrogen) atoms. The minimum atomic E-state index is 0.620. The van der Waals surface area contributed by atoms with E-state index in [0.717, 1.165) is 5.06 Å². The fraction of sp³-hybridized carbons (Fsp3) is 0. The van der Waals surface area contributed by atoms with Crippen LogP contribution in [0.2, 0.25) is 0 Å². The molecule has 0 radical (unpaired) electrons. The normalized spacial score (nSPS) is 20.9. The van der Waals surface area contributed by atoms with Crippen molar-refractivity contribution in [1.82, 2.24) is 15.0 Å². The highest BCUT2D eigenvalue weighted by Gasteiger charge is 2.18. The van der Waals surface area contributed by atoms with Crippen LogP contribution in [0.5, 0.6) is 0 Å². The third-order valence-electron chi connectivity index (χ3n) is 1.53. The van der Waals surface area contributed by atoms with Gasteiger partial charge in [0.25, 0.3) is 0 Å². The second kappa shape index (κ2) is 2.01. The summed E-state index contributed by atoms with van der Waals surface area (Å²) in [6, 6.07) is 0. The molecule has 2 aliphatic rings. The molecule has 2 aliphatic heterocycles. The Balaban J connectivity index is 2.30. The van der Waals surface area contributed by atoms with Gasteiger partial charge in [-0.1, -0.05) is 0 Å². The molecule has 0 atom stereocenters. The monoisotopic (exact) mass is 152 g/mol. The molecule has 0 unspecified atom stereocenters. The van der Waals surface area contributed by atoms with E-state index in [1.165, 1.54) is 11.2 Å². The van der Waals surface area contributed by atoms with Gasteiger partial charge in [-0.15, -0.1) is 0 Å². The van der Waals surface area contributed by atoms with E-state index in [2.05, 4.69) is 0 Å². The zero-order chi connectivity index (χ0) is 7.84. The third-order valence-corrected chi connectivity index (χ3v) is 1.53. The van der Waals surface area contributed by atoms with Crippen LogP contribution in [0.3, 0.4) is 0 Å². The van der Waals surface area contributed by atoms with Gasteiger partial charge in [-0.2, -0.15) is 0 Å². The molecule has 0 aromatic heterocycles. The van der Waals surface area contributed by atoms with E-state index in [4.69, 9.17) is 11.0 Å². The molecule has 5 heteroatoms. The molecule has 0 fully saturated rings. The maximum Gasteiger partial charge on any atom is 0.159 e. The molecule has 0 amide bonds. The SMILES string of the molecule is NN1C=CN2C=CN(O)C2=C1. The van der Waals surface area contributed by atoms with Crippen LogP contribution in [0.1, 0.15) is 0 Å². The van der Waals surface area contributed by atoms with Crippen LogP contribution in [0.4, 0.5) is 0 Å². The first kappa shape index (κ1) is 6.26. The summed E-state index contributed by atoms with van der Waals surface area (Å²) < 4.78 is 0. The Labute approximate surface area is 63.8 Å². The number of nitrogens with two attached hydrogens (primary N) is 1. The minimum absolute atomic E-state index is 0.620. The molecular formula is C6H8N4O. The summed E-state index contributed by atoms with van der Waals surface area (Å²) in [7, 11) is 0. The molecule has 0 aliphatic carbocycles. The van der Waals surface area contributed by atoms with Gasteiger partial charge >= 0.3 is 0 Å². The number of hydroxylamine groups is 2. The van der Waals surface area contributed by atoms with Gasteiger partial charge < -0.3 is 4.90 Å². The van der Waals surface area contributed by atoms with E-state index in [0.29, 0.717) is 5.82 Å². The van der Waals surface area contributed by atoms with Crippen LogP contribution >= 0.6 is 0 Å². The van der Waals surface area contributed by atoms with Crippen molar-refractivity contribution in [3.8, 4) is 0 Å². The molecule has 58 valence electrons. The molecule has 0 spiro atoms. The summed E-state index contributed by atoms with van der Waals surface area (Å²) in [5.41, 5.74) is 0. The summed E-state index contributed by atoms with van der Waals surface area (Å²) in [4.78, 5) is 1.75. The van der Waals surface area contributed by atoms with Gasteiger partial charge in [0.05, 0.1) is 12.4 Å². The van der Waals surface area contributed by atoms with Gasteiger partial charge in [-0.05, 0) is 0 Å². The predicted octanol–water partition coefficient (Wildman–Crippen LogP) is -0.0762. The number of fused-ring (bicyclic) bond motifs is 1.